The monoisotopic (exact) mass is 1020 g/mol. The highest BCUT2D eigenvalue weighted by atomic mass is 32.2. The molecule has 0 radical (unpaired) electrons. The number of piperidine rings is 1. The minimum Gasteiger partial charge on any atom is -0.629 e. The van der Waals surface area contributed by atoms with Crippen molar-refractivity contribution < 1.29 is 36.5 Å². The number of carbonyl (C=O) groups is 1. The molecule has 388 valence electrons. The predicted molar refractivity (Wildman–Crippen MR) is 280 cm³/mol. The number of hydrogen-bond acceptors (Lipinski definition) is 12. The number of pyridine rings is 2. The van der Waals surface area contributed by atoms with Gasteiger partial charge in [-0.15, -0.1) is 0 Å². The molecular weight excluding hydrogens is 951 g/mol. The smallest absolute Gasteiger partial charge is 0.268 e. The van der Waals surface area contributed by atoms with Gasteiger partial charge in [-0.25, -0.2) is 31.9 Å². The van der Waals surface area contributed by atoms with Crippen LogP contribution < -0.4 is 29.5 Å². The molecule has 1 saturated carbocycles. The number of amides is 1. The summed E-state index contributed by atoms with van der Waals surface area (Å²) in [6.45, 7) is 14.3. The van der Waals surface area contributed by atoms with E-state index in [1.54, 1.807) is 25.1 Å². The number of allylic oxidation sites excluding steroid dienone is 1. The third-order valence-electron chi connectivity index (χ3n) is 15.3. The summed E-state index contributed by atoms with van der Waals surface area (Å²) in [6, 6.07) is 22.2. The van der Waals surface area contributed by atoms with Crippen LogP contribution >= 0.6 is 0 Å². The van der Waals surface area contributed by atoms with Crippen molar-refractivity contribution in [1.29, 1.82) is 0 Å². The topological polar surface area (TPSA) is 157 Å². The highest BCUT2D eigenvalue weighted by molar-refractivity contribution is 7.90. The molecule has 3 atom stereocenters. The van der Waals surface area contributed by atoms with E-state index in [9.17, 15) is 27.2 Å². The van der Waals surface area contributed by atoms with Crippen LogP contribution in [0.25, 0.3) is 5.83 Å². The number of carbonyl (C=O) groups excluding carboxylic acids is 1. The molecule has 3 N–H and O–H groups in total. The van der Waals surface area contributed by atoms with E-state index in [4.69, 9.17) is 9.47 Å². The maximum absolute atomic E-state index is 15.0. The van der Waals surface area contributed by atoms with E-state index in [2.05, 4.69) is 79.7 Å². The number of ether oxygens (including phenoxy) is 2. The van der Waals surface area contributed by atoms with Crippen molar-refractivity contribution in [3.05, 3.63) is 135 Å². The molecule has 1 amide bonds. The molecule has 0 bridgehead atoms. The summed E-state index contributed by atoms with van der Waals surface area (Å²) in [5.74, 6) is 0.423. The van der Waals surface area contributed by atoms with Crippen LogP contribution in [0.3, 0.4) is 0 Å². The van der Waals surface area contributed by atoms with Gasteiger partial charge in [-0.3, -0.25) is 14.6 Å². The highest BCUT2D eigenvalue weighted by Gasteiger charge is 2.37. The SMILES string of the molecule is COc1nc2c(cc1Oc1cc(N3CCN(C4CCN(Cc5ccc(C)c(F)c5)CC4c4ccccc4C(C)C)CC3)ccc1C(=O)NS(=O)(=O)c1cnc(NC[C@H]3CC[C@@H](C)CC3)c([NH+](C)[O-])c1)C(F)=CC2. The van der Waals surface area contributed by atoms with Gasteiger partial charge < -0.3 is 30.0 Å². The Bertz CT molecular complexity index is 2960. The number of methoxy groups -OCH3 is 1. The van der Waals surface area contributed by atoms with E-state index in [1.807, 2.05) is 12.1 Å². The quantitative estimate of drug-likeness (QED) is 0.0809. The average Bonchev–Trinajstić information content (AvgIpc) is 3.75. The summed E-state index contributed by atoms with van der Waals surface area (Å²) < 4.78 is 71.8. The summed E-state index contributed by atoms with van der Waals surface area (Å²) >= 11 is 0. The Morgan fingerprint density at radius 1 is 0.945 bits per heavy atom. The molecule has 2 saturated heterocycles. The van der Waals surface area contributed by atoms with Gasteiger partial charge in [0.1, 0.15) is 22.3 Å². The van der Waals surface area contributed by atoms with Crippen molar-refractivity contribution in [1.82, 2.24) is 24.5 Å². The number of likely N-dealkylation sites (tertiary alicyclic amines) is 1. The number of hydrogen-bond donors (Lipinski definition) is 3. The highest BCUT2D eigenvalue weighted by Crippen LogP contribution is 2.41. The average molecular weight is 1020 g/mol. The summed E-state index contributed by atoms with van der Waals surface area (Å²) in [4.78, 5) is 30.0. The van der Waals surface area contributed by atoms with Gasteiger partial charge in [-0.2, -0.15) is 0 Å². The maximum Gasteiger partial charge on any atom is 0.268 e. The molecule has 14 nitrogen and oxygen atoms in total. The number of fused-ring (bicyclic) bond motifs is 1. The molecule has 9 rings (SSSR count). The zero-order chi connectivity index (χ0) is 51.6. The van der Waals surface area contributed by atoms with E-state index in [1.165, 1.54) is 49.6 Å². The second-order valence-corrected chi connectivity index (χ2v) is 22.4. The van der Waals surface area contributed by atoms with Gasteiger partial charge in [-0.1, -0.05) is 70.0 Å². The number of nitrogens with one attached hydrogen (secondary N) is 3. The van der Waals surface area contributed by atoms with Crippen LogP contribution in [0.1, 0.15) is 109 Å². The first-order chi connectivity index (χ1) is 35.0. The number of aryl methyl sites for hydroxylation is 1. The molecule has 3 fully saturated rings. The zero-order valence-electron chi connectivity index (χ0n) is 42.7. The van der Waals surface area contributed by atoms with Gasteiger partial charge in [-0.05, 0) is 96.5 Å². The summed E-state index contributed by atoms with van der Waals surface area (Å²) in [5.41, 5.74) is 5.71. The Morgan fingerprint density at radius 2 is 1.71 bits per heavy atom. The van der Waals surface area contributed by atoms with Crippen molar-refractivity contribution >= 4 is 38.9 Å². The minimum atomic E-state index is -4.57. The number of aromatic nitrogens is 2. The first-order valence-corrected chi connectivity index (χ1v) is 27.2. The number of sulfonamides is 1. The number of quaternary nitrogens is 1. The number of halogens is 2. The second-order valence-electron chi connectivity index (χ2n) is 20.7. The number of piperazine rings is 1. The predicted octanol–water partition coefficient (Wildman–Crippen LogP) is 8.90. The lowest BCUT2D eigenvalue weighted by molar-refractivity contribution is -0.751. The second kappa shape index (κ2) is 22.2. The van der Waals surface area contributed by atoms with E-state index in [-0.39, 0.29) is 68.3 Å². The first kappa shape index (κ1) is 51.9. The van der Waals surface area contributed by atoms with Crippen molar-refractivity contribution in [2.45, 2.75) is 95.5 Å². The standard InChI is InChI=1S/C56H68F2N8O6S/c1-35(2)42-9-7-8-10-43(42)46-34-64(33-39-16-13-37(4)48(58)27-39)22-21-50(46)66-25-23-65(24-26-66)40-17-18-44(52(28-40)72-53-30-45-47(57)19-20-49(45)61-56(53)71-6)55(67)62-73(69,70)41-29-51(63(5)68)54(60-32-41)59-31-38-14-11-36(3)12-15-38/h7-10,13,16-19,27-30,32,35-36,38,46,50,63H,11-12,14-15,20-26,31,33-34H2,1-6H3,(H,59,60)(H,62,67)/t36-,38+,46?,50?. The molecular formula is C56H68F2N8O6S. The van der Waals surface area contributed by atoms with Crippen LogP contribution in [0.4, 0.5) is 26.0 Å². The number of nitrogens with zero attached hydrogens (tertiary/aromatic N) is 5. The minimum absolute atomic E-state index is 0.000421. The Hall–Kier alpha value is -5.98. The normalized spacial score (nSPS) is 21.1. The van der Waals surface area contributed by atoms with Gasteiger partial charge in [0.15, 0.2) is 17.3 Å². The Morgan fingerprint density at radius 3 is 2.44 bits per heavy atom. The van der Waals surface area contributed by atoms with Gasteiger partial charge in [0.25, 0.3) is 21.8 Å². The molecule has 2 aliphatic carbocycles. The van der Waals surface area contributed by atoms with Crippen molar-refractivity contribution in [3.8, 4) is 17.4 Å². The molecule has 17 heteroatoms. The fraction of sp³-hybridized carbons (Fsp3) is 0.446. The van der Waals surface area contributed by atoms with Crippen LogP contribution in [-0.2, 0) is 23.0 Å². The Balaban J connectivity index is 0.958. The van der Waals surface area contributed by atoms with Gasteiger partial charge in [0.2, 0.25) is 0 Å². The molecule has 73 heavy (non-hydrogen) atoms. The largest absolute Gasteiger partial charge is 0.629 e. The molecule has 0 spiro atoms. The van der Waals surface area contributed by atoms with Gasteiger partial charge in [0.05, 0.1) is 31.6 Å². The number of hydroxylamine groups is 1. The molecule has 4 heterocycles. The van der Waals surface area contributed by atoms with Crippen molar-refractivity contribution in [2.75, 3.05) is 70.2 Å². The molecule has 4 aliphatic rings. The number of benzene rings is 3. The fourth-order valence-electron chi connectivity index (χ4n) is 11.1. The van der Waals surface area contributed by atoms with Crippen LogP contribution in [0.2, 0.25) is 0 Å². The summed E-state index contributed by atoms with van der Waals surface area (Å²) in [5, 5.41) is 15.8. The van der Waals surface area contributed by atoms with Crippen molar-refractivity contribution in [2.24, 2.45) is 11.8 Å². The summed E-state index contributed by atoms with van der Waals surface area (Å²) in [6.07, 6.45) is 8.16. The molecule has 2 aromatic heterocycles. The lowest BCUT2D eigenvalue weighted by Gasteiger charge is -2.48. The van der Waals surface area contributed by atoms with E-state index in [0.717, 1.165) is 75.7 Å². The lowest BCUT2D eigenvalue weighted by Crippen LogP contribution is -2.98. The van der Waals surface area contributed by atoms with Gasteiger partial charge >= 0.3 is 0 Å². The Kier molecular flexibility index (Phi) is 15.8. The molecule has 3 aromatic carbocycles. The van der Waals surface area contributed by atoms with Crippen LogP contribution in [0.15, 0.2) is 90.0 Å². The van der Waals surface area contributed by atoms with E-state index < -0.39 is 21.8 Å². The summed E-state index contributed by atoms with van der Waals surface area (Å²) in [7, 11) is -1.81. The van der Waals surface area contributed by atoms with E-state index in [0.29, 0.717) is 61.0 Å². The van der Waals surface area contributed by atoms with Crippen LogP contribution in [0, 0.1) is 29.8 Å². The third kappa shape index (κ3) is 11.7. The third-order valence-corrected chi connectivity index (χ3v) is 16.6. The number of anilines is 2. The zero-order valence-corrected chi connectivity index (χ0v) is 43.5. The lowest BCUT2D eigenvalue weighted by atomic mass is 9.80. The Labute approximate surface area is 428 Å². The number of rotatable bonds is 16. The molecule has 2 aliphatic heterocycles. The van der Waals surface area contributed by atoms with E-state index >= 15 is 0 Å². The van der Waals surface area contributed by atoms with Crippen LogP contribution in [-0.4, -0.2) is 100 Å². The fourth-order valence-corrected chi connectivity index (χ4v) is 12.0. The maximum atomic E-state index is 15.0. The molecule has 3 unspecified atom stereocenters. The first-order valence-electron chi connectivity index (χ1n) is 25.7. The molecule has 5 aromatic rings. The van der Waals surface area contributed by atoms with Crippen molar-refractivity contribution in [3.63, 3.8) is 0 Å². The van der Waals surface area contributed by atoms with Crippen LogP contribution in [0.5, 0.6) is 17.4 Å². The van der Waals surface area contributed by atoms with Gasteiger partial charge in [0, 0.05) is 94.1 Å².